The number of benzene rings is 1. The maximum Gasteiger partial charge on any atom is 0.372 e. The van der Waals surface area contributed by atoms with E-state index in [1.165, 1.54) is 0 Å². The molecule has 1 heterocycles. The monoisotopic (exact) mass is 317 g/mol. The summed E-state index contributed by atoms with van der Waals surface area (Å²) in [4.78, 5) is 10.9. The van der Waals surface area contributed by atoms with Crippen molar-refractivity contribution in [1.82, 2.24) is 0 Å². The Hall–Kier alpha value is -1.72. The van der Waals surface area contributed by atoms with Crippen molar-refractivity contribution in [2.45, 2.75) is 13.5 Å². The lowest BCUT2D eigenvalue weighted by Gasteiger charge is -2.09. The molecule has 0 bridgehead atoms. The van der Waals surface area contributed by atoms with Crippen LogP contribution in [0.25, 0.3) is 0 Å². The lowest BCUT2D eigenvalue weighted by molar-refractivity contribution is 0.0659. The van der Waals surface area contributed by atoms with Crippen LogP contribution in [0.5, 0.6) is 0 Å². The Kier molecular flexibility index (Phi) is 4.20. The molecule has 0 radical (unpaired) electrons. The lowest BCUT2D eigenvalue weighted by atomic mass is 10.2. The fourth-order valence-electron chi connectivity index (χ4n) is 1.73. The van der Waals surface area contributed by atoms with Crippen molar-refractivity contribution in [2.75, 3.05) is 5.32 Å². The van der Waals surface area contributed by atoms with Crippen LogP contribution in [0.2, 0.25) is 10.0 Å². The van der Waals surface area contributed by atoms with Gasteiger partial charge in [-0.25, -0.2) is 9.18 Å². The molecule has 106 valence electrons. The minimum Gasteiger partial charge on any atom is -0.475 e. The van der Waals surface area contributed by atoms with Crippen molar-refractivity contribution in [3.8, 4) is 0 Å². The molecular formula is C13H10Cl2FNO3. The van der Waals surface area contributed by atoms with E-state index in [2.05, 4.69) is 5.32 Å². The van der Waals surface area contributed by atoms with Crippen LogP contribution in [0.15, 0.2) is 22.6 Å². The Bertz CT molecular complexity index is 647. The van der Waals surface area contributed by atoms with E-state index < -0.39 is 11.8 Å². The Balaban J connectivity index is 2.17. The van der Waals surface area contributed by atoms with Gasteiger partial charge in [0.2, 0.25) is 5.76 Å². The van der Waals surface area contributed by atoms with Crippen molar-refractivity contribution < 1.29 is 18.7 Å². The minimum atomic E-state index is -1.13. The van der Waals surface area contributed by atoms with Crippen LogP contribution >= 0.6 is 23.2 Å². The van der Waals surface area contributed by atoms with E-state index in [0.717, 1.165) is 12.1 Å². The molecule has 0 saturated heterocycles. The van der Waals surface area contributed by atoms with Gasteiger partial charge in [-0.1, -0.05) is 23.2 Å². The number of nitrogens with one attached hydrogen (secondary N) is 1. The molecule has 2 rings (SSSR count). The molecule has 0 fully saturated rings. The van der Waals surface area contributed by atoms with Crippen molar-refractivity contribution >= 4 is 34.9 Å². The standard InChI is InChI=1S/C13H10Cl2FNO3/c1-6-2-8(20-12(6)13(18)19)5-17-11-9(14)3-7(16)4-10(11)15/h2-4,17H,5H2,1H3,(H,18,19). The molecule has 0 spiro atoms. The molecular weight excluding hydrogens is 308 g/mol. The average molecular weight is 318 g/mol. The molecule has 0 aliphatic carbocycles. The van der Waals surface area contributed by atoms with E-state index in [9.17, 15) is 9.18 Å². The Morgan fingerprint density at radius 3 is 2.45 bits per heavy atom. The average Bonchev–Trinajstić information content (AvgIpc) is 2.69. The third-order valence-electron chi connectivity index (χ3n) is 2.61. The number of furan rings is 1. The zero-order chi connectivity index (χ0) is 14.9. The van der Waals surface area contributed by atoms with Crippen molar-refractivity contribution in [2.24, 2.45) is 0 Å². The molecule has 2 aromatic rings. The molecule has 2 N–H and O–H groups in total. The highest BCUT2D eigenvalue weighted by Gasteiger charge is 2.15. The number of halogens is 3. The molecule has 4 nitrogen and oxygen atoms in total. The molecule has 1 aromatic heterocycles. The first kappa shape index (κ1) is 14.7. The van der Waals surface area contributed by atoms with Gasteiger partial charge in [0.15, 0.2) is 0 Å². The Morgan fingerprint density at radius 2 is 1.95 bits per heavy atom. The summed E-state index contributed by atoms with van der Waals surface area (Å²) < 4.78 is 18.2. The number of aryl methyl sites for hydroxylation is 1. The molecule has 0 aliphatic heterocycles. The minimum absolute atomic E-state index is 0.113. The van der Waals surface area contributed by atoms with Crippen LogP contribution in [-0.2, 0) is 6.54 Å². The van der Waals surface area contributed by atoms with E-state index in [4.69, 9.17) is 32.7 Å². The molecule has 0 aliphatic rings. The number of hydrogen-bond acceptors (Lipinski definition) is 3. The summed E-state index contributed by atoms with van der Waals surface area (Å²) in [5.74, 6) is -1.37. The van der Waals surface area contributed by atoms with Crippen LogP contribution < -0.4 is 5.32 Å². The lowest BCUT2D eigenvalue weighted by Crippen LogP contribution is -2.00. The summed E-state index contributed by atoms with van der Waals surface area (Å²) in [6.07, 6.45) is 0. The molecule has 0 saturated carbocycles. The van der Waals surface area contributed by atoms with Crippen LogP contribution in [0.4, 0.5) is 10.1 Å². The summed E-state index contributed by atoms with van der Waals surface area (Å²) in [6, 6.07) is 3.86. The van der Waals surface area contributed by atoms with Crippen molar-refractivity contribution in [3.63, 3.8) is 0 Å². The van der Waals surface area contributed by atoms with E-state index in [1.807, 2.05) is 0 Å². The van der Waals surface area contributed by atoms with Gasteiger partial charge in [0, 0.05) is 5.56 Å². The number of rotatable bonds is 4. The van der Waals surface area contributed by atoms with Crippen LogP contribution in [0.3, 0.4) is 0 Å². The van der Waals surface area contributed by atoms with Crippen LogP contribution in [-0.4, -0.2) is 11.1 Å². The smallest absolute Gasteiger partial charge is 0.372 e. The van der Waals surface area contributed by atoms with Gasteiger partial charge in [-0.05, 0) is 25.1 Å². The highest BCUT2D eigenvalue weighted by atomic mass is 35.5. The molecule has 0 unspecified atom stereocenters. The van der Waals surface area contributed by atoms with E-state index in [1.54, 1.807) is 13.0 Å². The van der Waals surface area contributed by atoms with E-state index in [-0.39, 0.29) is 22.4 Å². The van der Waals surface area contributed by atoms with Gasteiger partial charge in [0.05, 0.1) is 22.3 Å². The van der Waals surface area contributed by atoms with Gasteiger partial charge < -0.3 is 14.8 Å². The fourth-order valence-corrected chi connectivity index (χ4v) is 2.33. The number of carboxylic acid groups (broad SMARTS) is 1. The quantitative estimate of drug-likeness (QED) is 0.880. The summed E-state index contributed by atoms with van der Waals surface area (Å²) in [6.45, 7) is 1.81. The molecule has 20 heavy (non-hydrogen) atoms. The second-order valence-electron chi connectivity index (χ2n) is 4.13. The Labute approximate surface area is 124 Å². The van der Waals surface area contributed by atoms with Gasteiger partial charge in [-0.2, -0.15) is 0 Å². The van der Waals surface area contributed by atoms with Gasteiger partial charge in [0.25, 0.3) is 0 Å². The third kappa shape index (κ3) is 3.05. The van der Waals surface area contributed by atoms with E-state index >= 15 is 0 Å². The summed E-state index contributed by atoms with van der Waals surface area (Å²) in [7, 11) is 0. The Morgan fingerprint density at radius 1 is 1.35 bits per heavy atom. The maximum absolute atomic E-state index is 13.0. The second kappa shape index (κ2) is 5.73. The summed E-state index contributed by atoms with van der Waals surface area (Å²) >= 11 is 11.8. The topological polar surface area (TPSA) is 62.5 Å². The zero-order valence-corrected chi connectivity index (χ0v) is 11.8. The molecule has 7 heteroatoms. The molecule has 0 atom stereocenters. The van der Waals surface area contributed by atoms with Crippen molar-refractivity contribution in [3.05, 3.63) is 51.1 Å². The first-order chi connectivity index (χ1) is 9.38. The van der Waals surface area contributed by atoms with Gasteiger partial charge >= 0.3 is 5.97 Å². The van der Waals surface area contributed by atoms with E-state index in [0.29, 0.717) is 17.0 Å². The van der Waals surface area contributed by atoms with Crippen molar-refractivity contribution in [1.29, 1.82) is 0 Å². The number of carboxylic acids is 1. The first-order valence-corrected chi connectivity index (χ1v) is 6.35. The predicted molar refractivity (Wildman–Crippen MR) is 74.2 cm³/mol. The number of anilines is 1. The first-order valence-electron chi connectivity index (χ1n) is 5.59. The van der Waals surface area contributed by atoms with Gasteiger partial charge in [-0.15, -0.1) is 0 Å². The number of aromatic carboxylic acids is 1. The number of carbonyl (C=O) groups is 1. The third-order valence-corrected chi connectivity index (χ3v) is 3.21. The number of hydrogen-bond donors (Lipinski definition) is 2. The normalized spacial score (nSPS) is 10.6. The summed E-state index contributed by atoms with van der Waals surface area (Å²) in [5, 5.41) is 12.0. The highest BCUT2D eigenvalue weighted by Crippen LogP contribution is 2.31. The maximum atomic E-state index is 13.0. The van der Waals surface area contributed by atoms with Crippen LogP contribution in [0.1, 0.15) is 21.9 Å². The largest absolute Gasteiger partial charge is 0.475 e. The molecule has 1 aromatic carbocycles. The predicted octanol–water partition coefficient (Wildman–Crippen LogP) is 4.34. The SMILES string of the molecule is Cc1cc(CNc2c(Cl)cc(F)cc2Cl)oc1C(=O)O. The second-order valence-corrected chi connectivity index (χ2v) is 4.94. The molecule has 0 amide bonds. The van der Waals surface area contributed by atoms with Crippen LogP contribution in [0, 0.1) is 12.7 Å². The fraction of sp³-hybridized carbons (Fsp3) is 0.154. The van der Waals surface area contributed by atoms with Gasteiger partial charge in [-0.3, -0.25) is 0 Å². The zero-order valence-electron chi connectivity index (χ0n) is 10.3. The highest BCUT2D eigenvalue weighted by molar-refractivity contribution is 6.39. The van der Waals surface area contributed by atoms with Gasteiger partial charge in [0.1, 0.15) is 11.6 Å². The summed E-state index contributed by atoms with van der Waals surface area (Å²) in [5.41, 5.74) is 0.881.